The van der Waals surface area contributed by atoms with Gasteiger partial charge in [0.25, 0.3) is 6.43 Å². The number of carbonyl (C=O) groups is 1. The monoisotopic (exact) mass is 293 g/mol. The third-order valence-corrected chi connectivity index (χ3v) is 4.65. The number of sulfonamides is 1. The Balaban J connectivity index is 3.10. The summed E-state index contributed by atoms with van der Waals surface area (Å²) >= 11 is 0. The van der Waals surface area contributed by atoms with E-state index in [4.69, 9.17) is 5.11 Å². The van der Waals surface area contributed by atoms with Crippen molar-refractivity contribution in [3.05, 3.63) is 29.8 Å². The maximum atomic E-state index is 12.4. The van der Waals surface area contributed by atoms with Gasteiger partial charge in [0, 0.05) is 12.6 Å². The van der Waals surface area contributed by atoms with E-state index in [1.807, 2.05) is 0 Å². The Morgan fingerprint density at radius 1 is 1.26 bits per heavy atom. The predicted molar refractivity (Wildman–Crippen MR) is 63.4 cm³/mol. The van der Waals surface area contributed by atoms with Crippen molar-refractivity contribution >= 4 is 16.0 Å². The van der Waals surface area contributed by atoms with E-state index in [0.29, 0.717) is 4.31 Å². The van der Waals surface area contributed by atoms with E-state index in [-0.39, 0.29) is 10.5 Å². The van der Waals surface area contributed by atoms with Crippen molar-refractivity contribution in [2.75, 3.05) is 7.05 Å². The van der Waals surface area contributed by atoms with Crippen LogP contribution in [0.2, 0.25) is 0 Å². The van der Waals surface area contributed by atoms with E-state index >= 15 is 0 Å². The average molecular weight is 293 g/mol. The first-order valence-electron chi connectivity index (χ1n) is 5.27. The molecule has 0 heterocycles. The summed E-state index contributed by atoms with van der Waals surface area (Å²) < 4.78 is 49.4. The molecule has 0 aliphatic heterocycles. The highest BCUT2D eigenvalue weighted by Crippen LogP contribution is 2.22. The van der Waals surface area contributed by atoms with Crippen molar-refractivity contribution in [2.24, 2.45) is 0 Å². The van der Waals surface area contributed by atoms with Crippen LogP contribution < -0.4 is 0 Å². The highest BCUT2D eigenvalue weighted by Gasteiger charge is 2.29. The van der Waals surface area contributed by atoms with Crippen molar-refractivity contribution in [3.63, 3.8) is 0 Å². The van der Waals surface area contributed by atoms with E-state index in [1.54, 1.807) is 0 Å². The molecule has 19 heavy (non-hydrogen) atoms. The van der Waals surface area contributed by atoms with Gasteiger partial charge >= 0.3 is 5.97 Å². The third kappa shape index (κ3) is 3.27. The summed E-state index contributed by atoms with van der Waals surface area (Å²) in [5, 5.41) is 8.77. The molecule has 0 bridgehead atoms. The van der Waals surface area contributed by atoms with Gasteiger partial charge in [-0.15, -0.1) is 0 Å². The summed E-state index contributed by atoms with van der Waals surface area (Å²) in [6, 6.07) is 2.80. The van der Waals surface area contributed by atoms with Crippen LogP contribution in [0.25, 0.3) is 0 Å². The van der Waals surface area contributed by atoms with Crippen molar-refractivity contribution in [1.29, 1.82) is 0 Å². The second-order valence-corrected chi connectivity index (χ2v) is 5.90. The number of benzene rings is 1. The lowest BCUT2D eigenvalue weighted by Gasteiger charge is -2.21. The van der Waals surface area contributed by atoms with Gasteiger partial charge in [0.15, 0.2) is 0 Å². The molecule has 8 heteroatoms. The number of likely N-dealkylation sites (N-methyl/N-ethyl adjacent to an activating group) is 1. The lowest BCUT2D eigenvalue weighted by molar-refractivity contribution is -0.140. The van der Waals surface area contributed by atoms with Crippen LogP contribution in [0.15, 0.2) is 29.2 Å². The van der Waals surface area contributed by atoms with Crippen LogP contribution in [0, 0.1) is 0 Å². The smallest absolute Gasteiger partial charge is 0.321 e. The zero-order chi connectivity index (χ0) is 14.8. The van der Waals surface area contributed by atoms with Crippen molar-refractivity contribution < 1.29 is 27.1 Å². The molecule has 0 saturated carbocycles. The van der Waals surface area contributed by atoms with Gasteiger partial charge in [0.2, 0.25) is 10.0 Å². The topological polar surface area (TPSA) is 74.7 Å². The maximum Gasteiger partial charge on any atom is 0.321 e. The molecule has 0 saturated heterocycles. The first-order valence-corrected chi connectivity index (χ1v) is 6.71. The quantitative estimate of drug-likeness (QED) is 0.897. The van der Waals surface area contributed by atoms with Crippen LogP contribution in [0.5, 0.6) is 0 Å². The van der Waals surface area contributed by atoms with Gasteiger partial charge in [-0.2, -0.15) is 4.31 Å². The predicted octanol–water partition coefficient (Wildman–Crippen LogP) is 1.72. The van der Waals surface area contributed by atoms with Crippen LogP contribution >= 0.6 is 0 Å². The third-order valence-electron chi connectivity index (χ3n) is 2.71. The normalized spacial score (nSPS) is 13.8. The van der Waals surface area contributed by atoms with Gasteiger partial charge in [-0.1, -0.05) is 12.1 Å². The number of carboxylic acid groups (broad SMARTS) is 1. The zero-order valence-corrected chi connectivity index (χ0v) is 11.1. The summed E-state index contributed by atoms with van der Waals surface area (Å²) in [7, 11) is -2.90. The highest BCUT2D eigenvalue weighted by molar-refractivity contribution is 7.89. The number of hydrogen-bond acceptors (Lipinski definition) is 3. The Morgan fingerprint density at radius 3 is 2.11 bits per heavy atom. The minimum atomic E-state index is -4.02. The van der Waals surface area contributed by atoms with E-state index in [2.05, 4.69) is 0 Å². The summed E-state index contributed by atoms with van der Waals surface area (Å²) in [5.74, 6) is -1.30. The second kappa shape index (κ2) is 5.62. The van der Waals surface area contributed by atoms with Crippen molar-refractivity contribution in [3.8, 4) is 0 Å². The first kappa shape index (κ1) is 15.5. The highest BCUT2D eigenvalue weighted by atomic mass is 32.2. The number of aliphatic carboxylic acids is 1. The molecule has 1 atom stereocenters. The van der Waals surface area contributed by atoms with Crippen molar-refractivity contribution in [2.45, 2.75) is 24.3 Å². The lowest BCUT2D eigenvalue weighted by atomic mass is 10.2. The lowest BCUT2D eigenvalue weighted by Crippen LogP contribution is -2.40. The van der Waals surface area contributed by atoms with Gasteiger partial charge in [0.05, 0.1) is 4.90 Å². The number of alkyl halides is 2. The molecule has 1 rings (SSSR count). The maximum absolute atomic E-state index is 12.4. The summed E-state index contributed by atoms with van der Waals surface area (Å²) in [4.78, 5) is 10.5. The zero-order valence-electron chi connectivity index (χ0n) is 10.2. The molecule has 0 radical (unpaired) electrons. The average Bonchev–Trinajstić information content (AvgIpc) is 2.36. The summed E-state index contributed by atoms with van der Waals surface area (Å²) in [6.45, 7) is 1.22. The summed E-state index contributed by atoms with van der Waals surface area (Å²) in [5.41, 5.74) is -0.298. The number of carboxylic acids is 1. The SMILES string of the molecule is CC(C(=O)O)N(C)S(=O)(=O)c1ccc(C(F)F)cc1. The molecular weight excluding hydrogens is 280 g/mol. The van der Waals surface area contributed by atoms with E-state index in [1.165, 1.54) is 6.92 Å². The molecule has 0 spiro atoms. The van der Waals surface area contributed by atoms with Gasteiger partial charge in [-0.3, -0.25) is 4.79 Å². The van der Waals surface area contributed by atoms with Gasteiger partial charge in [-0.05, 0) is 19.1 Å². The fourth-order valence-electron chi connectivity index (χ4n) is 1.32. The molecule has 0 aliphatic rings. The Morgan fingerprint density at radius 2 is 1.74 bits per heavy atom. The molecule has 106 valence electrons. The fraction of sp³-hybridized carbons (Fsp3) is 0.364. The Hall–Kier alpha value is -1.54. The molecular formula is C11H13F2NO4S. The Labute approximate surface area is 109 Å². The molecule has 1 unspecified atom stereocenters. The minimum absolute atomic E-state index is 0.229. The van der Waals surface area contributed by atoms with Gasteiger partial charge < -0.3 is 5.11 Å². The van der Waals surface area contributed by atoms with E-state index in [9.17, 15) is 22.0 Å². The molecule has 5 nitrogen and oxygen atoms in total. The van der Waals surface area contributed by atoms with Gasteiger partial charge in [0.1, 0.15) is 6.04 Å². The number of halogens is 2. The number of rotatable bonds is 5. The van der Waals surface area contributed by atoms with Crippen molar-refractivity contribution in [1.82, 2.24) is 4.31 Å². The Kier molecular flexibility index (Phi) is 4.59. The summed E-state index contributed by atoms with van der Waals surface area (Å²) in [6.07, 6.45) is -2.69. The minimum Gasteiger partial charge on any atom is -0.480 e. The first-order chi connectivity index (χ1) is 8.67. The number of nitrogens with zero attached hydrogens (tertiary/aromatic N) is 1. The number of hydrogen-bond donors (Lipinski definition) is 1. The molecule has 1 aromatic carbocycles. The molecule has 1 aromatic rings. The molecule has 1 N–H and O–H groups in total. The Bertz CT molecular complexity index is 557. The van der Waals surface area contributed by atoms with Crippen LogP contribution in [0.3, 0.4) is 0 Å². The van der Waals surface area contributed by atoms with Gasteiger partial charge in [-0.25, -0.2) is 17.2 Å². The van der Waals surface area contributed by atoms with Crippen LogP contribution in [-0.2, 0) is 14.8 Å². The molecule has 0 aromatic heterocycles. The largest absolute Gasteiger partial charge is 0.480 e. The van der Waals surface area contributed by atoms with Crippen LogP contribution in [0.4, 0.5) is 8.78 Å². The molecule has 0 amide bonds. The fourth-order valence-corrected chi connectivity index (χ4v) is 2.63. The van der Waals surface area contributed by atoms with Crippen LogP contribution in [0.1, 0.15) is 18.9 Å². The standard InChI is InChI=1S/C11H13F2NO4S/c1-7(11(15)16)14(2)19(17,18)9-5-3-8(4-6-9)10(12)13/h3-7,10H,1-2H3,(H,15,16). The second-order valence-electron chi connectivity index (χ2n) is 3.91. The van der Waals surface area contributed by atoms with E-state index < -0.39 is 28.5 Å². The van der Waals surface area contributed by atoms with Crippen LogP contribution in [-0.4, -0.2) is 36.9 Å². The van der Waals surface area contributed by atoms with E-state index in [0.717, 1.165) is 31.3 Å². The molecule has 0 fully saturated rings. The molecule has 0 aliphatic carbocycles.